The second-order valence-corrected chi connectivity index (χ2v) is 6.23. The van der Waals surface area contributed by atoms with Crippen LogP contribution in [0.15, 0.2) is 47.3 Å². The van der Waals surface area contributed by atoms with Crippen LogP contribution in [0, 0.1) is 0 Å². The van der Waals surface area contributed by atoms with Crippen molar-refractivity contribution in [2.24, 2.45) is 0 Å². The number of carbonyl (C=O) groups is 1. The molecule has 0 spiro atoms. The number of H-pyrrole nitrogens is 1. The SMILES string of the molecule is COc1ccc2cc(C(=O)NCc3cn(-c4ccsc4)nn3)[nH]c2c1. The van der Waals surface area contributed by atoms with Gasteiger partial charge in [-0.25, -0.2) is 4.68 Å². The summed E-state index contributed by atoms with van der Waals surface area (Å²) in [6, 6.07) is 9.40. The summed E-state index contributed by atoms with van der Waals surface area (Å²) in [4.78, 5) is 15.5. The number of hydrogen-bond acceptors (Lipinski definition) is 5. The second kappa shape index (κ2) is 6.40. The molecule has 4 rings (SSSR count). The zero-order valence-electron chi connectivity index (χ0n) is 13.4. The summed E-state index contributed by atoms with van der Waals surface area (Å²) >= 11 is 1.59. The number of nitrogens with one attached hydrogen (secondary N) is 2. The number of ether oxygens (including phenoxy) is 1. The number of hydrogen-bond donors (Lipinski definition) is 2. The molecule has 0 unspecified atom stereocenters. The highest BCUT2D eigenvalue weighted by molar-refractivity contribution is 7.08. The third kappa shape index (κ3) is 3.11. The number of thiophene rings is 1. The van der Waals surface area contributed by atoms with E-state index in [2.05, 4.69) is 20.6 Å². The first-order valence-electron chi connectivity index (χ1n) is 7.62. The van der Waals surface area contributed by atoms with Gasteiger partial charge in [0, 0.05) is 22.3 Å². The topological polar surface area (TPSA) is 84.8 Å². The van der Waals surface area contributed by atoms with E-state index in [4.69, 9.17) is 4.74 Å². The third-order valence-corrected chi connectivity index (χ3v) is 4.49. The van der Waals surface area contributed by atoms with E-state index in [9.17, 15) is 4.79 Å². The summed E-state index contributed by atoms with van der Waals surface area (Å²) in [6.07, 6.45) is 1.80. The Hall–Kier alpha value is -3.13. The van der Waals surface area contributed by atoms with Crippen LogP contribution < -0.4 is 10.1 Å². The number of carbonyl (C=O) groups excluding carboxylic acids is 1. The molecule has 25 heavy (non-hydrogen) atoms. The lowest BCUT2D eigenvalue weighted by atomic mass is 10.2. The predicted molar refractivity (Wildman–Crippen MR) is 95.3 cm³/mol. The van der Waals surface area contributed by atoms with Crippen LogP contribution in [0.4, 0.5) is 0 Å². The first-order chi connectivity index (χ1) is 12.2. The van der Waals surface area contributed by atoms with Crippen molar-refractivity contribution in [1.29, 1.82) is 0 Å². The minimum Gasteiger partial charge on any atom is -0.497 e. The van der Waals surface area contributed by atoms with E-state index < -0.39 is 0 Å². The third-order valence-electron chi connectivity index (χ3n) is 3.82. The summed E-state index contributed by atoms with van der Waals surface area (Å²) in [5.41, 5.74) is 3.00. The van der Waals surface area contributed by atoms with Crippen molar-refractivity contribution in [2.45, 2.75) is 6.54 Å². The van der Waals surface area contributed by atoms with Crippen molar-refractivity contribution >= 4 is 28.1 Å². The van der Waals surface area contributed by atoms with Gasteiger partial charge in [-0.3, -0.25) is 4.79 Å². The largest absolute Gasteiger partial charge is 0.497 e. The first-order valence-corrected chi connectivity index (χ1v) is 8.56. The monoisotopic (exact) mass is 353 g/mol. The highest BCUT2D eigenvalue weighted by Crippen LogP contribution is 2.21. The van der Waals surface area contributed by atoms with E-state index in [1.807, 2.05) is 41.1 Å². The maximum absolute atomic E-state index is 12.4. The molecule has 0 radical (unpaired) electrons. The fourth-order valence-corrected chi connectivity index (χ4v) is 3.14. The Balaban J connectivity index is 1.45. The standard InChI is InChI=1S/C17H15N5O2S/c1-24-14-3-2-11-6-16(19-15(11)7-14)17(23)18-8-12-9-22(21-20-12)13-4-5-25-10-13/h2-7,9-10,19H,8H2,1H3,(H,18,23). The molecule has 0 atom stereocenters. The highest BCUT2D eigenvalue weighted by atomic mass is 32.1. The first kappa shape index (κ1) is 15.4. The second-order valence-electron chi connectivity index (χ2n) is 5.45. The summed E-state index contributed by atoms with van der Waals surface area (Å²) in [5.74, 6) is 0.548. The van der Waals surface area contributed by atoms with E-state index >= 15 is 0 Å². The Kier molecular flexibility index (Phi) is 3.95. The predicted octanol–water partition coefficient (Wildman–Crippen LogP) is 2.75. The normalized spacial score (nSPS) is 10.9. The van der Waals surface area contributed by atoms with Crippen LogP contribution in [0.1, 0.15) is 16.2 Å². The number of aromatic nitrogens is 4. The molecule has 0 aliphatic rings. The average Bonchev–Trinajstić information content (AvgIpc) is 3.38. The van der Waals surface area contributed by atoms with Crippen LogP contribution in [-0.2, 0) is 6.54 Å². The summed E-state index contributed by atoms with van der Waals surface area (Å²) in [5, 5.41) is 15.9. The molecule has 2 N–H and O–H groups in total. The number of rotatable bonds is 5. The van der Waals surface area contributed by atoms with E-state index in [0.29, 0.717) is 17.9 Å². The van der Waals surface area contributed by atoms with Gasteiger partial charge in [-0.15, -0.1) is 5.10 Å². The molecule has 3 heterocycles. The van der Waals surface area contributed by atoms with Crippen LogP contribution in [0.25, 0.3) is 16.6 Å². The molecule has 0 fully saturated rings. The van der Waals surface area contributed by atoms with Crippen molar-refractivity contribution in [3.63, 3.8) is 0 Å². The lowest BCUT2D eigenvalue weighted by Gasteiger charge is -2.00. The van der Waals surface area contributed by atoms with Gasteiger partial charge < -0.3 is 15.0 Å². The molecule has 0 aliphatic heterocycles. The van der Waals surface area contributed by atoms with Gasteiger partial charge in [0.25, 0.3) is 5.91 Å². The smallest absolute Gasteiger partial charge is 0.268 e. The zero-order chi connectivity index (χ0) is 17.2. The van der Waals surface area contributed by atoms with Gasteiger partial charge in [-0.1, -0.05) is 5.21 Å². The fourth-order valence-electron chi connectivity index (χ4n) is 2.51. The zero-order valence-corrected chi connectivity index (χ0v) is 14.2. The van der Waals surface area contributed by atoms with Gasteiger partial charge in [0.2, 0.25) is 0 Å². The molecule has 3 aromatic heterocycles. The molecule has 126 valence electrons. The summed E-state index contributed by atoms with van der Waals surface area (Å²) < 4.78 is 6.88. The molecule has 0 bridgehead atoms. The van der Waals surface area contributed by atoms with E-state index in [1.54, 1.807) is 29.3 Å². The summed E-state index contributed by atoms with van der Waals surface area (Å²) in [6.45, 7) is 0.307. The molecular formula is C17H15N5O2S. The maximum atomic E-state index is 12.4. The minimum atomic E-state index is -0.194. The maximum Gasteiger partial charge on any atom is 0.268 e. The number of methoxy groups -OCH3 is 1. The molecule has 8 heteroatoms. The Morgan fingerprint density at radius 2 is 2.28 bits per heavy atom. The highest BCUT2D eigenvalue weighted by Gasteiger charge is 2.11. The molecule has 1 aromatic carbocycles. The number of fused-ring (bicyclic) bond motifs is 1. The van der Waals surface area contributed by atoms with Gasteiger partial charge >= 0.3 is 0 Å². The van der Waals surface area contributed by atoms with Gasteiger partial charge in [0.15, 0.2) is 0 Å². The van der Waals surface area contributed by atoms with Gasteiger partial charge in [0.05, 0.1) is 25.5 Å². The van der Waals surface area contributed by atoms with Crippen molar-refractivity contribution in [2.75, 3.05) is 7.11 Å². The Morgan fingerprint density at radius 1 is 1.36 bits per heavy atom. The quantitative estimate of drug-likeness (QED) is 0.578. The Labute approximate surface area is 147 Å². The van der Waals surface area contributed by atoms with Gasteiger partial charge in [0.1, 0.15) is 17.1 Å². The van der Waals surface area contributed by atoms with Crippen LogP contribution >= 0.6 is 11.3 Å². The van der Waals surface area contributed by atoms with Gasteiger partial charge in [-0.05, 0) is 29.6 Å². The van der Waals surface area contributed by atoms with Crippen molar-refractivity contribution in [3.05, 3.63) is 58.7 Å². The van der Waals surface area contributed by atoms with Gasteiger partial charge in [-0.2, -0.15) is 11.3 Å². The molecule has 0 saturated heterocycles. The van der Waals surface area contributed by atoms with Crippen molar-refractivity contribution in [1.82, 2.24) is 25.3 Å². The molecule has 7 nitrogen and oxygen atoms in total. The molecular weight excluding hydrogens is 338 g/mol. The molecule has 0 aliphatic carbocycles. The van der Waals surface area contributed by atoms with Crippen LogP contribution in [0.2, 0.25) is 0 Å². The summed E-state index contributed by atoms with van der Waals surface area (Å²) in [7, 11) is 1.61. The van der Waals surface area contributed by atoms with E-state index in [1.165, 1.54) is 0 Å². The number of amides is 1. The Bertz CT molecular complexity index is 1020. The van der Waals surface area contributed by atoms with Crippen LogP contribution in [0.3, 0.4) is 0 Å². The number of benzene rings is 1. The lowest BCUT2D eigenvalue weighted by molar-refractivity contribution is 0.0946. The average molecular weight is 353 g/mol. The number of aromatic amines is 1. The number of nitrogens with zero attached hydrogens (tertiary/aromatic N) is 3. The van der Waals surface area contributed by atoms with Crippen molar-refractivity contribution in [3.8, 4) is 11.4 Å². The van der Waals surface area contributed by atoms with E-state index in [-0.39, 0.29) is 5.91 Å². The fraction of sp³-hybridized carbons (Fsp3) is 0.118. The molecule has 1 amide bonds. The van der Waals surface area contributed by atoms with Crippen molar-refractivity contribution < 1.29 is 9.53 Å². The van der Waals surface area contributed by atoms with E-state index in [0.717, 1.165) is 22.3 Å². The Morgan fingerprint density at radius 3 is 3.08 bits per heavy atom. The van der Waals surface area contributed by atoms with Crippen LogP contribution in [0.5, 0.6) is 5.75 Å². The minimum absolute atomic E-state index is 0.194. The molecule has 0 saturated carbocycles. The molecule has 4 aromatic rings. The lowest BCUT2D eigenvalue weighted by Crippen LogP contribution is -2.23. The van der Waals surface area contributed by atoms with Crippen LogP contribution in [-0.4, -0.2) is 33.0 Å².